The lowest BCUT2D eigenvalue weighted by molar-refractivity contribution is -0.122. The van der Waals surface area contributed by atoms with E-state index < -0.39 is 0 Å². The van der Waals surface area contributed by atoms with Crippen molar-refractivity contribution in [3.63, 3.8) is 0 Å². The number of ether oxygens (including phenoxy) is 1. The number of amides is 1. The van der Waals surface area contributed by atoms with E-state index in [0.29, 0.717) is 11.0 Å². The topological polar surface area (TPSA) is 60.3 Å². The van der Waals surface area contributed by atoms with Gasteiger partial charge < -0.3 is 14.6 Å². The monoisotopic (exact) mass is 330 g/mol. The van der Waals surface area contributed by atoms with Crippen molar-refractivity contribution in [3.05, 3.63) is 27.1 Å². The Balaban J connectivity index is 2.74. The van der Waals surface area contributed by atoms with E-state index in [-0.39, 0.29) is 29.7 Å². The summed E-state index contributed by atoms with van der Waals surface area (Å²) in [5.41, 5.74) is 0.0237. The van der Waals surface area contributed by atoms with Crippen LogP contribution in [0.2, 0.25) is 0 Å². The van der Waals surface area contributed by atoms with Crippen molar-refractivity contribution >= 4 is 27.5 Å². The molecule has 0 spiro atoms. The Labute approximate surface area is 121 Å². The predicted octanol–water partition coefficient (Wildman–Crippen LogP) is 2.38. The van der Waals surface area contributed by atoms with Crippen LogP contribution in [0.4, 0.5) is 5.69 Å². The molecule has 19 heavy (non-hydrogen) atoms. The van der Waals surface area contributed by atoms with Gasteiger partial charge >= 0.3 is 0 Å². The molecule has 1 unspecified atom stereocenters. The Bertz CT molecular complexity index is 499. The second-order valence-corrected chi connectivity index (χ2v) is 5.11. The summed E-state index contributed by atoms with van der Waals surface area (Å²) in [5.74, 6) is -0.321. The third-order valence-corrected chi connectivity index (χ3v) is 3.31. The summed E-state index contributed by atoms with van der Waals surface area (Å²) in [5, 5.41) is 2.58. The minimum atomic E-state index is -0.321. The highest BCUT2D eigenvalue weighted by atomic mass is 79.9. The van der Waals surface area contributed by atoms with Gasteiger partial charge in [0.05, 0.1) is 10.6 Å². The standard InChI is InChI=1S/C13H19BrN2O3/c1-4-9(3)19-8-12(17)15-11-7-16(5-2)6-10(14)13(11)18/h6-7,9H,4-5,8H2,1-3H3,(H,15,17). The van der Waals surface area contributed by atoms with Crippen LogP contribution in [0.5, 0.6) is 0 Å². The fourth-order valence-corrected chi connectivity index (χ4v) is 1.86. The maximum absolute atomic E-state index is 11.9. The highest BCUT2D eigenvalue weighted by Crippen LogP contribution is 2.09. The summed E-state index contributed by atoms with van der Waals surface area (Å²) < 4.78 is 7.56. The number of hydrogen-bond acceptors (Lipinski definition) is 3. The molecule has 6 heteroatoms. The Morgan fingerprint density at radius 1 is 1.47 bits per heavy atom. The molecule has 0 bridgehead atoms. The summed E-state index contributed by atoms with van der Waals surface area (Å²) in [6, 6.07) is 0. The van der Waals surface area contributed by atoms with Gasteiger partial charge in [0.25, 0.3) is 5.91 Å². The molecule has 1 N–H and O–H groups in total. The maximum Gasteiger partial charge on any atom is 0.250 e. The minimum Gasteiger partial charge on any atom is -0.369 e. The number of halogens is 1. The van der Waals surface area contributed by atoms with Crippen LogP contribution in [-0.4, -0.2) is 23.2 Å². The van der Waals surface area contributed by atoms with Crippen molar-refractivity contribution in [1.82, 2.24) is 4.57 Å². The van der Waals surface area contributed by atoms with Gasteiger partial charge in [0, 0.05) is 18.9 Å². The molecule has 0 aromatic carbocycles. The molecular weight excluding hydrogens is 312 g/mol. The van der Waals surface area contributed by atoms with E-state index in [0.717, 1.165) is 6.42 Å². The first-order chi connectivity index (χ1) is 8.97. The molecule has 1 aromatic rings. The first kappa shape index (κ1) is 15.9. The van der Waals surface area contributed by atoms with Gasteiger partial charge in [0.2, 0.25) is 5.43 Å². The van der Waals surface area contributed by atoms with E-state index in [2.05, 4.69) is 21.2 Å². The van der Waals surface area contributed by atoms with E-state index in [1.807, 2.05) is 25.3 Å². The van der Waals surface area contributed by atoms with Crippen molar-refractivity contribution in [1.29, 1.82) is 0 Å². The van der Waals surface area contributed by atoms with Gasteiger partial charge in [-0.3, -0.25) is 9.59 Å². The first-order valence-electron chi connectivity index (χ1n) is 6.28. The van der Waals surface area contributed by atoms with E-state index in [1.54, 1.807) is 12.4 Å². The highest BCUT2D eigenvalue weighted by molar-refractivity contribution is 9.10. The molecule has 0 aliphatic rings. The summed E-state index contributed by atoms with van der Waals surface area (Å²) in [6.45, 7) is 6.50. The summed E-state index contributed by atoms with van der Waals surface area (Å²) in [6.07, 6.45) is 4.18. The van der Waals surface area contributed by atoms with Crippen molar-refractivity contribution in [3.8, 4) is 0 Å². The molecule has 0 aliphatic heterocycles. The SMILES string of the molecule is CCC(C)OCC(=O)Nc1cn(CC)cc(Br)c1=O. The summed E-state index contributed by atoms with van der Waals surface area (Å²) in [7, 11) is 0. The third kappa shape index (κ3) is 4.80. The Kier molecular flexibility index (Phi) is 6.24. The largest absolute Gasteiger partial charge is 0.369 e. The zero-order valence-corrected chi connectivity index (χ0v) is 13.0. The van der Waals surface area contributed by atoms with Crippen LogP contribution in [0.15, 0.2) is 21.7 Å². The van der Waals surface area contributed by atoms with Crippen molar-refractivity contribution in [2.24, 2.45) is 0 Å². The molecule has 1 atom stereocenters. The second-order valence-electron chi connectivity index (χ2n) is 4.26. The Morgan fingerprint density at radius 3 is 2.74 bits per heavy atom. The molecule has 106 valence electrons. The number of nitrogens with zero attached hydrogens (tertiary/aromatic N) is 1. The van der Waals surface area contributed by atoms with Crippen LogP contribution in [0.1, 0.15) is 27.2 Å². The van der Waals surface area contributed by atoms with Gasteiger partial charge in [-0.1, -0.05) is 6.92 Å². The van der Waals surface area contributed by atoms with Gasteiger partial charge in [0.15, 0.2) is 0 Å². The number of carbonyl (C=O) groups is 1. The fraction of sp³-hybridized carbons (Fsp3) is 0.538. The summed E-state index contributed by atoms with van der Waals surface area (Å²) in [4.78, 5) is 23.5. The van der Waals surface area contributed by atoms with E-state index in [9.17, 15) is 9.59 Å². The zero-order valence-electron chi connectivity index (χ0n) is 11.4. The first-order valence-corrected chi connectivity index (χ1v) is 7.08. The van der Waals surface area contributed by atoms with Crippen LogP contribution < -0.4 is 10.7 Å². The van der Waals surface area contributed by atoms with Crippen LogP contribution in [0.25, 0.3) is 0 Å². The lowest BCUT2D eigenvalue weighted by Gasteiger charge is -2.11. The molecule has 1 heterocycles. The highest BCUT2D eigenvalue weighted by Gasteiger charge is 2.10. The maximum atomic E-state index is 11.9. The van der Waals surface area contributed by atoms with Crippen LogP contribution in [0.3, 0.4) is 0 Å². The fourth-order valence-electron chi connectivity index (χ4n) is 1.39. The number of carbonyl (C=O) groups excluding carboxylic acids is 1. The van der Waals surface area contributed by atoms with Crippen LogP contribution >= 0.6 is 15.9 Å². The lowest BCUT2D eigenvalue weighted by Crippen LogP contribution is -2.25. The molecular formula is C13H19BrN2O3. The molecule has 1 rings (SSSR count). The molecule has 0 aliphatic carbocycles. The second kappa shape index (κ2) is 7.45. The quantitative estimate of drug-likeness (QED) is 0.871. The Hall–Kier alpha value is -1.14. The van der Waals surface area contributed by atoms with Gasteiger partial charge in [-0.05, 0) is 36.2 Å². The molecule has 0 radical (unpaired) electrons. The van der Waals surface area contributed by atoms with E-state index >= 15 is 0 Å². The number of rotatable bonds is 6. The molecule has 0 fully saturated rings. The number of hydrogen-bond donors (Lipinski definition) is 1. The molecule has 5 nitrogen and oxygen atoms in total. The number of pyridine rings is 1. The molecule has 1 amide bonds. The normalized spacial score (nSPS) is 12.2. The number of aromatic nitrogens is 1. The third-order valence-electron chi connectivity index (χ3n) is 2.75. The van der Waals surface area contributed by atoms with Crippen LogP contribution in [0, 0.1) is 0 Å². The number of aryl methyl sites for hydroxylation is 1. The van der Waals surface area contributed by atoms with E-state index in [1.165, 1.54) is 0 Å². The predicted molar refractivity (Wildman–Crippen MR) is 78.4 cm³/mol. The molecule has 0 saturated carbocycles. The summed E-state index contributed by atoms with van der Waals surface area (Å²) >= 11 is 3.19. The average molecular weight is 331 g/mol. The van der Waals surface area contributed by atoms with Gasteiger partial charge in [-0.25, -0.2) is 0 Å². The van der Waals surface area contributed by atoms with E-state index in [4.69, 9.17) is 4.74 Å². The van der Waals surface area contributed by atoms with Crippen molar-refractivity contribution < 1.29 is 9.53 Å². The number of anilines is 1. The van der Waals surface area contributed by atoms with Gasteiger partial charge in [-0.2, -0.15) is 0 Å². The number of nitrogens with one attached hydrogen (secondary N) is 1. The average Bonchev–Trinajstić information content (AvgIpc) is 2.40. The zero-order chi connectivity index (χ0) is 14.4. The smallest absolute Gasteiger partial charge is 0.250 e. The molecule has 1 aromatic heterocycles. The van der Waals surface area contributed by atoms with Crippen LogP contribution in [-0.2, 0) is 16.1 Å². The minimum absolute atomic E-state index is 0.0283. The van der Waals surface area contributed by atoms with Crippen molar-refractivity contribution in [2.75, 3.05) is 11.9 Å². The lowest BCUT2D eigenvalue weighted by atomic mass is 10.3. The van der Waals surface area contributed by atoms with Crippen molar-refractivity contribution in [2.45, 2.75) is 39.8 Å². The molecule has 0 saturated heterocycles. The Morgan fingerprint density at radius 2 is 2.16 bits per heavy atom. The van der Waals surface area contributed by atoms with Gasteiger partial charge in [0.1, 0.15) is 12.3 Å². The van der Waals surface area contributed by atoms with Gasteiger partial charge in [-0.15, -0.1) is 0 Å².